The molecule has 0 saturated carbocycles. The van der Waals surface area contributed by atoms with Gasteiger partial charge < -0.3 is 29.2 Å². The van der Waals surface area contributed by atoms with Gasteiger partial charge in [-0.25, -0.2) is 9.59 Å². The van der Waals surface area contributed by atoms with Crippen LogP contribution in [0.15, 0.2) is 36.4 Å². The van der Waals surface area contributed by atoms with Crippen LogP contribution in [0.4, 0.5) is 4.79 Å². The number of nitrogens with one attached hydrogen (secondary N) is 1. The molecule has 0 aromatic heterocycles. The molecule has 0 aliphatic carbocycles. The Hall–Kier alpha value is -3.42. The lowest BCUT2D eigenvalue weighted by Gasteiger charge is -2.38. The van der Waals surface area contributed by atoms with E-state index in [1.165, 1.54) is 7.11 Å². The van der Waals surface area contributed by atoms with Crippen LogP contribution in [-0.4, -0.2) is 57.9 Å². The van der Waals surface area contributed by atoms with Gasteiger partial charge in [-0.05, 0) is 54.3 Å². The number of hydrogen-bond donors (Lipinski definition) is 1. The van der Waals surface area contributed by atoms with E-state index >= 15 is 0 Å². The molecule has 0 fully saturated rings. The number of nitrogens with zero attached hydrogens (tertiary/aromatic N) is 1. The number of esters is 1. The zero-order valence-corrected chi connectivity index (χ0v) is 18.4. The van der Waals surface area contributed by atoms with Gasteiger partial charge in [-0.1, -0.05) is 12.1 Å². The molecule has 0 bridgehead atoms. The molecule has 1 heterocycles. The fraction of sp³-hybridized carbons (Fsp3) is 0.391. The molecule has 1 aliphatic rings. The largest absolute Gasteiger partial charge is 0.497 e. The maximum absolute atomic E-state index is 13.1. The van der Waals surface area contributed by atoms with Crippen molar-refractivity contribution >= 4 is 12.0 Å². The van der Waals surface area contributed by atoms with Crippen LogP contribution in [0.5, 0.6) is 17.2 Å². The SMILES string of the molecule is COC(=O)[C@H](C)NC(=O)N1CCc2cc(OC)c(OC)cc2C1c1ccc(OC)cc1. The summed E-state index contributed by atoms with van der Waals surface area (Å²) >= 11 is 0. The lowest BCUT2D eigenvalue weighted by molar-refractivity contribution is -0.142. The first-order valence-electron chi connectivity index (χ1n) is 9.97. The molecule has 1 aliphatic heterocycles. The van der Waals surface area contributed by atoms with E-state index in [1.807, 2.05) is 36.4 Å². The normalized spacial score (nSPS) is 16.0. The van der Waals surface area contributed by atoms with Crippen LogP contribution in [0.2, 0.25) is 0 Å². The molecule has 8 nitrogen and oxygen atoms in total. The maximum atomic E-state index is 13.1. The Balaban J connectivity index is 2.05. The van der Waals surface area contributed by atoms with Crippen molar-refractivity contribution in [1.29, 1.82) is 0 Å². The van der Waals surface area contributed by atoms with Crippen LogP contribution in [-0.2, 0) is 16.0 Å². The number of benzene rings is 2. The van der Waals surface area contributed by atoms with Gasteiger partial charge in [0.2, 0.25) is 0 Å². The molecule has 1 N–H and O–H groups in total. The third-order valence-corrected chi connectivity index (χ3v) is 5.46. The molecule has 2 atom stereocenters. The Labute approximate surface area is 182 Å². The molecule has 0 saturated heterocycles. The second-order valence-corrected chi connectivity index (χ2v) is 7.22. The summed E-state index contributed by atoms with van der Waals surface area (Å²) < 4.78 is 21.0. The Kier molecular flexibility index (Phi) is 6.89. The van der Waals surface area contributed by atoms with Crippen molar-refractivity contribution in [1.82, 2.24) is 10.2 Å². The van der Waals surface area contributed by atoms with E-state index < -0.39 is 12.0 Å². The van der Waals surface area contributed by atoms with Crippen LogP contribution in [0, 0.1) is 0 Å². The summed E-state index contributed by atoms with van der Waals surface area (Å²) in [5.74, 6) is 1.46. The van der Waals surface area contributed by atoms with E-state index in [0.29, 0.717) is 24.5 Å². The molecule has 2 aromatic carbocycles. The molecule has 3 rings (SSSR count). The Morgan fingerprint density at radius 3 is 2.23 bits per heavy atom. The van der Waals surface area contributed by atoms with Crippen LogP contribution in [0.3, 0.4) is 0 Å². The maximum Gasteiger partial charge on any atom is 0.328 e. The Morgan fingerprint density at radius 2 is 1.65 bits per heavy atom. The standard InChI is InChI=1S/C23H28N2O6/c1-14(22(26)31-5)24-23(27)25-11-10-16-12-19(29-3)20(30-4)13-18(16)21(25)15-6-8-17(28-2)9-7-15/h6-9,12-14,21H,10-11H2,1-5H3,(H,24,27)/t14-,21?/m0/s1. The van der Waals surface area contributed by atoms with Crippen LogP contribution >= 0.6 is 0 Å². The van der Waals surface area contributed by atoms with Crippen LogP contribution in [0.1, 0.15) is 29.7 Å². The van der Waals surface area contributed by atoms with E-state index in [9.17, 15) is 9.59 Å². The molecule has 31 heavy (non-hydrogen) atoms. The minimum atomic E-state index is -0.763. The molecular weight excluding hydrogens is 400 g/mol. The summed E-state index contributed by atoms with van der Waals surface area (Å²) in [6, 6.07) is 9.95. The predicted octanol–water partition coefficient (Wildman–Crippen LogP) is 2.93. The van der Waals surface area contributed by atoms with Gasteiger partial charge in [0, 0.05) is 6.54 Å². The number of carbonyl (C=O) groups is 2. The third kappa shape index (κ3) is 4.52. The summed E-state index contributed by atoms with van der Waals surface area (Å²) in [5, 5.41) is 2.74. The van der Waals surface area contributed by atoms with Crippen molar-refractivity contribution in [3.63, 3.8) is 0 Å². The minimum absolute atomic E-state index is 0.348. The number of fused-ring (bicyclic) bond motifs is 1. The molecular formula is C23H28N2O6. The summed E-state index contributed by atoms with van der Waals surface area (Å²) in [6.45, 7) is 2.07. The third-order valence-electron chi connectivity index (χ3n) is 5.46. The fourth-order valence-electron chi connectivity index (χ4n) is 3.81. The zero-order chi connectivity index (χ0) is 22.5. The number of hydrogen-bond acceptors (Lipinski definition) is 6. The minimum Gasteiger partial charge on any atom is -0.497 e. The summed E-state index contributed by atoms with van der Waals surface area (Å²) in [6.07, 6.45) is 0.641. The van der Waals surface area contributed by atoms with Crippen molar-refractivity contribution < 1.29 is 28.5 Å². The van der Waals surface area contributed by atoms with Crippen LogP contribution < -0.4 is 19.5 Å². The first-order valence-corrected chi connectivity index (χ1v) is 9.97. The molecule has 0 spiro atoms. The van der Waals surface area contributed by atoms with Gasteiger partial charge in [0.1, 0.15) is 11.8 Å². The second-order valence-electron chi connectivity index (χ2n) is 7.22. The topological polar surface area (TPSA) is 86.3 Å². The number of carbonyl (C=O) groups excluding carboxylic acids is 2. The molecule has 2 aromatic rings. The van der Waals surface area contributed by atoms with Crippen molar-refractivity contribution in [3.05, 3.63) is 53.1 Å². The number of rotatable bonds is 6. The highest BCUT2D eigenvalue weighted by atomic mass is 16.5. The van der Waals surface area contributed by atoms with Gasteiger partial charge in [-0.15, -0.1) is 0 Å². The average molecular weight is 428 g/mol. The first kappa shape index (κ1) is 22.3. The van der Waals surface area contributed by atoms with Gasteiger partial charge in [0.05, 0.1) is 34.5 Å². The lowest BCUT2D eigenvalue weighted by atomic mass is 9.87. The van der Waals surface area contributed by atoms with Gasteiger partial charge in [-0.3, -0.25) is 0 Å². The number of amides is 2. The fourth-order valence-corrected chi connectivity index (χ4v) is 3.81. The molecule has 0 radical (unpaired) electrons. The lowest BCUT2D eigenvalue weighted by Crippen LogP contribution is -2.50. The van der Waals surface area contributed by atoms with Crippen LogP contribution in [0.25, 0.3) is 0 Å². The van der Waals surface area contributed by atoms with Crippen molar-refractivity contribution in [3.8, 4) is 17.2 Å². The van der Waals surface area contributed by atoms with Crippen molar-refractivity contribution in [2.24, 2.45) is 0 Å². The highest BCUT2D eigenvalue weighted by Gasteiger charge is 2.34. The van der Waals surface area contributed by atoms with Gasteiger partial charge in [-0.2, -0.15) is 0 Å². The Bertz CT molecular complexity index is 944. The quantitative estimate of drug-likeness (QED) is 0.712. The molecule has 166 valence electrons. The summed E-state index contributed by atoms with van der Waals surface area (Å²) in [5.41, 5.74) is 2.92. The second kappa shape index (κ2) is 9.59. The monoisotopic (exact) mass is 428 g/mol. The van der Waals surface area contributed by atoms with Gasteiger partial charge in [0.15, 0.2) is 11.5 Å². The predicted molar refractivity (Wildman–Crippen MR) is 115 cm³/mol. The molecule has 1 unspecified atom stereocenters. The van der Waals surface area contributed by atoms with E-state index in [4.69, 9.17) is 18.9 Å². The van der Waals surface area contributed by atoms with Crippen molar-refractivity contribution in [2.45, 2.75) is 25.4 Å². The highest BCUT2D eigenvalue weighted by Crippen LogP contribution is 2.41. The van der Waals surface area contributed by atoms with E-state index in [-0.39, 0.29) is 12.1 Å². The smallest absolute Gasteiger partial charge is 0.328 e. The summed E-state index contributed by atoms with van der Waals surface area (Å²) in [4.78, 5) is 26.7. The first-order chi connectivity index (χ1) is 14.9. The Morgan fingerprint density at radius 1 is 1.00 bits per heavy atom. The highest BCUT2D eigenvalue weighted by molar-refractivity contribution is 5.84. The molecule has 2 amide bonds. The van der Waals surface area contributed by atoms with E-state index in [2.05, 4.69) is 5.32 Å². The summed E-state index contributed by atoms with van der Waals surface area (Å²) in [7, 11) is 6.08. The van der Waals surface area contributed by atoms with Gasteiger partial charge in [0.25, 0.3) is 0 Å². The zero-order valence-electron chi connectivity index (χ0n) is 18.4. The van der Waals surface area contributed by atoms with E-state index in [0.717, 1.165) is 22.4 Å². The molecule has 8 heteroatoms. The van der Waals surface area contributed by atoms with Crippen molar-refractivity contribution in [2.75, 3.05) is 35.0 Å². The number of urea groups is 1. The number of ether oxygens (including phenoxy) is 4. The van der Waals surface area contributed by atoms with Gasteiger partial charge >= 0.3 is 12.0 Å². The average Bonchev–Trinajstić information content (AvgIpc) is 2.81. The number of methoxy groups -OCH3 is 4. The van der Waals surface area contributed by atoms with E-state index in [1.54, 1.807) is 33.2 Å².